The van der Waals surface area contributed by atoms with E-state index in [4.69, 9.17) is 5.11 Å². The average molecular weight is 252 g/mol. The molecule has 1 rings (SSSR count). The number of H-pyrrole nitrogens is 1. The minimum absolute atomic E-state index is 0.156. The molecular weight excluding hydrogens is 236 g/mol. The Kier molecular flexibility index (Phi) is 4.91. The highest BCUT2D eigenvalue weighted by atomic mass is 16.4. The zero-order valence-corrected chi connectivity index (χ0v) is 10.1. The summed E-state index contributed by atoms with van der Waals surface area (Å²) < 4.78 is 0. The van der Waals surface area contributed by atoms with E-state index in [1.807, 2.05) is 0 Å². The molecule has 1 aromatic heterocycles. The molecule has 1 heterocycles. The number of carbonyl (C=O) groups excluding carboxylic acids is 1. The number of hydrogen-bond acceptors (Lipinski definition) is 3. The van der Waals surface area contributed by atoms with Crippen molar-refractivity contribution in [2.45, 2.75) is 12.5 Å². The molecule has 0 saturated carbocycles. The van der Waals surface area contributed by atoms with Crippen molar-refractivity contribution >= 4 is 12.0 Å². The van der Waals surface area contributed by atoms with Crippen LogP contribution in [-0.2, 0) is 11.2 Å². The number of nitrogens with one attached hydrogen (secondary N) is 2. The molecule has 0 fully saturated rings. The lowest BCUT2D eigenvalue weighted by atomic mass is 10.1. The SMILES string of the molecule is C=CCN(C)C(=O)NC(Cc1cnc[nH]1)C(=O)O. The van der Waals surface area contributed by atoms with Gasteiger partial charge in [-0.25, -0.2) is 14.6 Å². The van der Waals surface area contributed by atoms with Crippen molar-refractivity contribution in [3.05, 3.63) is 30.9 Å². The van der Waals surface area contributed by atoms with E-state index in [0.717, 1.165) is 0 Å². The average Bonchev–Trinajstić information content (AvgIpc) is 2.81. The smallest absolute Gasteiger partial charge is 0.326 e. The largest absolute Gasteiger partial charge is 0.480 e. The Hall–Kier alpha value is -2.31. The third kappa shape index (κ3) is 3.93. The van der Waals surface area contributed by atoms with Crippen molar-refractivity contribution in [2.24, 2.45) is 0 Å². The van der Waals surface area contributed by atoms with Crippen LogP contribution >= 0.6 is 0 Å². The number of urea groups is 1. The standard InChI is InChI=1S/C11H16N4O3/c1-3-4-15(2)11(18)14-9(10(16)17)5-8-6-12-7-13-8/h3,6-7,9H,1,4-5H2,2H3,(H,12,13)(H,14,18)(H,16,17). The lowest BCUT2D eigenvalue weighted by Crippen LogP contribution is -2.47. The van der Waals surface area contributed by atoms with Crippen LogP contribution in [0.5, 0.6) is 0 Å². The summed E-state index contributed by atoms with van der Waals surface area (Å²) >= 11 is 0. The van der Waals surface area contributed by atoms with Gasteiger partial charge in [-0.1, -0.05) is 6.08 Å². The predicted octanol–water partition coefficient (Wildman–Crippen LogP) is 0.233. The van der Waals surface area contributed by atoms with Gasteiger partial charge in [-0.3, -0.25) is 0 Å². The highest BCUT2D eigenvalue weighted by molar-refractivity contribution is 5.82. The van der Waals surface area contributed by atoms with Gasteiger partial charge in [-0.15, -0.1) is 6.58 Å². The molecule has 98 valence electrons. The monoisotopic (exact) mass is 252 g/mol. The summed E-state index contributed by atoms with van der Waals surface area (Å²) in [6, 6.07) is -1.45. The van der Waals surface area contributed by atoms with Crippen LogP contribution in [0.1, 0.15) is 5.69 Å². The number of carbonyl (C=O) groups is 2. The van der Waals surface area contributed by atoms with Crippen LogP contribution in [0.3, 0.4) is 0 Å². The normalized spacial score (nSPS) is 11.6. The Morgan fingerprint density at radius 1 is 1.72 bits per heavy atom. The number of hydrogen-bond donors (Lipinski definition) is 3. The number of nitrogens with zero attached hydrogens (tertiary/aromatic N) is 2. The fraction of sp³-hybridized carbons (Fsp3) is 0.364. The van der Waals surface area contributed by atoms with Gasteiger partial charge in [0.15, 0.2) is 0 Å². The summed E-state index contributed by atoms with van der Waals surface area (Å²) in [6.07, 6.45) is 4.70. The van der Waals surface area contributed by atoms with Gasteiger partial charge in [0.05, 0.1) is 6.33 Å². The number of aliphatic carboxylic acids is 1. The van der Waals surface area contributed by atoms with Crippen molar-refractivity contribution in [3.8, 4) is 0 Å². The van der Waals surface area contributed by atoms with E-state index < -0.39 is 18.0 Å². The Bertz CT molecular complexity index is 416. The van der Waals surface area contributed by atoms with Gasteiger partial charge in [0, 0.05) is 31.9 Å². The number of carboxylic acid groups (broad SMARTS) is 1. The van der Waals surface area contributed by atoms with Gasteiger partial charge >= 0.3 is 12.0 Å². The number of aromatic nitrogens is 2. The predicted molar refractivity (Wildman–Crippen MR) is 65.1 cm³/mol. The topological polar surface area (TPSA) is 98.3 Å². The van der Waals surface area contributed by atoms with Gasteiger partial charge in [-0.2, -0.15) is 0 Å². The van der Waals surface area contributed by atoms with Gasteiger partial charge in [-0.05, 0) is 0 Å². The lowest BCUT2D eigenvalue weighted by molar-refractivity contribution is -0.139. The Labute approximate surface area is 105 Å². The summed E-state index contributed by atoms with van der Waals surface area (Å²) in [5.41, 5.74) is 0.647. The molecular formula is C11H16N4O3. The van der Waals surface area contributed by atoms with Crippen LogP contribution in [0, 0.1) is 0 Å². The van der Waals surface area contributed by atoms with Gasteiger partial charge in [0.25, 0.3) is 0 Å². The molecule has 0 spiro atoms. The highest BCUT2D eigenvalue weighted by Gasteiger charge is 2.22. The molecule has 2 amide bonds. The fourth-order valence-corrected chi connectivity index (χ4v) is 1.35. The zero-order chi connectivity index (χ0) is 13.5. The van der Waals surface area contributed by atoms with Crippen molar-refractivity contribution in [3.63, 3.8) is 0 Å². The fourth-order valence-electron chi connectivity index (χ4n) is 1.35. The van der Waals surface area contributed by atoms with Crippen LogP contribution in [0.15, 0.2) is 25.2 Å². The molecule has 0 radical (unpaired) electrons. The van der Waals surface area contributed by atoms with Gasteiger partial charge in [0.2, 0.25) is 0 Å². The first-order valence-corrected chi connectivity index (χ1v) is 5.37. The van der Waals surface area contributed by atoms with Crippen LogP contribution in [-0.4, -0.2) is 51.6 Å². The zero-order valence-electron chi connectivity index (χ0n) is 10.1. The quantitative estimate of drug-likeness (QED) is 0.631. The van der Waals surface area contributed by atoms with E-state index in [9.17, 15) is 9.59 Å². The number of carboxylic acids is 1. The number of imidazole rings is 1. The molecule has 3 N–H and O–H groups in total. The summed E-state index contributed by atoms with van der Waals surface area (Å²) in [4.78, 5) is 30.6. The van der Waals surface area contributed by atoms with E-state index in [2.05, 4.69) is 21.9 Å². The molecule has 0 bridgehead atoms. The highest BCUT2D eigenvalue weighted by Crippen LogP contribution is 2.00. The molecule has 18 heavy (non-hydrogen) atoms. The summed E-state index contributed by atoms with van der Waals surface area (Å²) in [6.45, 7) is 3.86. The van der Waals surface area contributed by atoms with E-state index >= 15 is 0 Å². The first-order chi connectivity index (χ1) is 8.54. The van der Waals surface area contributed by atoms with Crippen molar-refractivity contribution < 1.29 is 14.7 Å². The Morgan fingerprint density at radius 2 is 2.44 bits per heavy atom. The van der Waals surface area contributed by atoms with Gasteiger partial charge < -0.3 is 20.3 Å². The third-order valence-corrected chi connectivity index (χ3v) is 2.32. The Morgan fingerprint density at radius 3 is 2.94 bits per heavy atom. The molecule has 1 unspecified atom stereocenters. The van der Waals surface area contributed by atoms with Crippen molar-refractivity contribution in [2.75, 3.05) is 13.6 Å². The molecule has 7 nitrogen and oxygen atoms in total. The summed E-state index contributed by atoms with van der Waals surface area (Å²) in [7, 11) is 1.56. The number of amides is 2. The Balaban J connectivity index is 2.60. The second-order valence-electron chi connectivity index (χ2n) is 3.79. The molecule has 0 aliphatic rings. The molecule has 1 atom stereocenters. The first-order valence-electron chi connectivity index (χ1n) is 5.37. The maximum Gasteiger partial charge on any atom is 0.326 e. The van der Waals surface area contributed by atoms with Crippen LogP contribution in [0.2, 0.25) is 0 Å². The molecule has 1 aromatic rings. The maximum absolute atomic E-state index is 11.7. The minimum Gasteiger partial charge on any atom is -0.480 e. The number of rotatable bonds is 6. The minimum atomic E-state index is -1.09. The molecule has 7 heteroatoms. The van der Waals surface area contributed by atoms with Crippen LogP contribution < -0.4 is 5.32 Å². The summed E-state index contributed by atoms with van der Waals surface area (Å²) in [5, 5.41) is 11.5. The van der Waals surface area contributed by atoms with Crippen LogP contribution in [0.25, 0.3) is 0 Å². The maximum atomic E-state index is 11.7. The van der Waals surface area contributed by atoms with E-state index in [-0.39, 0.29) is 6.42 Å². The van der Waals surface area contributed by atoms with Gasteiger partial charge in [0.1, 0.15) is 6.04 Å². The first kappa shape index (κ1) is 13.8. The van der Waals surface area contributed by atoms with Crippen molar-refractivity contribution in [1.82, 2.24) is 20.2 Å². The molecule has 0 aliphatic carbocycles. The van der Waals surface area contributed by atoms with E-state index in [0.29, 0.717) is 12.2 Å². The molecule has 0 aliphatic heterocycles. The molecule has 0 saturated heterocycles. The number of aromatic amines is 1. The van der Waals surface area contributed by atoms with Crippen LogP contribution in [0.4, 0.5) is 4.79 Å². The number of likely N-dealkylation sites (N-methyl/N-ethyl adjacent to an activating group) is 1. The lowest BCUT2D eigenvalue weighted by Gasteiger charge is -2.19. The second-order valence-corrected chi connectivity index (χ2v) is 3.79. The second kappa shape index (κ2) is 6.43. The van der Waals surface area contributed by atoms with Crippen molar-refractivity contribution in [1.29, 1.82) is 0 Å². The summed E-state index contributed by atoms with van der Waals surface area (Å²) in [5.74, 6) is -1.09. The third-order valence-electron chi connectivity index (χ3n) is 2.32. The molecule has 0 aromatic carbocycles. The van der Waals surface area contributed by atoms with E-state index in [1.165, 1.54) is 17.4 Å². The van der Waals surface area contributed by atoms with E-state index in [1.54, 1.807) is 13.1 Å².